The molecule has 3 atom stereocenters. The van der Waals surface area contributed by atoms with E-state index >= 15 is 0 Å². The molecule has 2 aliphatic rings. The number of alkyl halides is 2. The quantitative estimate of drug-likeness (QED) is 0.304. The van der Waals surface area contributed by atoms with Gasteiger partial charge in [0.05, 0.1) is 4.16 Å². The maximum Gasteiger partial charge on any atom is 0.341 e. The van der Waals surface area contributed by atoms with Gasteiger partial charge >= 0.3 is 5.97 Å². The van der Waals surface area contributed by atoms with E-state index in [9.17, 15) is 14.4 Å². The first-order valence-electron chi connectivity index (χ1n) is 9.24. The molecule has 1 fully saturated rings. The van der Waals surface area contributed by atoms with Crippen LogP contribution in [0.5, 0.6) is 5.75 Å². The number of fused-ring (bicyclic) bond motifs is 1. The number of rotatable bonds is 7. The van der Waals surface area contributed by atoms with Crippen molar-refractivity contribution >= 4 is 69.7 Å². The molecule has 2 aliphatic heterocycles. The summed E-state index contributed by atoms with van der Waals surface area (Å²) >= 11 is 8.45. The summed E-state index contributed by atoms with van der Waals surface area (Å²) in [5.41, 5.74) is 1.00. The van der Waals surface area contributed by atoms with Gasteiger partial charge in [0.15, 0.2) is 6.61 Å². The van der Waals surface area contributed by atoms with Crippen LogP contribution in [0.1, 0.15) is 0 Å². The van der Waals surface area contributed by atoms with E-state index in [1.165, 1.54) is 16.7 Å². The summed E-state index contributed by atoms with van der Waals surface area (Å²) in [6.45, 7) is 5.53. The maximum absolute atomic E-state index is 12.9. The first-order valence-corrected chi connectivity index (χ1v) is 15.6. The zero-order valence-corrected chi connectivity index (χ0v) is 21.7. The lowest BCUT2D eigenvalue weighted by Gasteiger charge is -2.51. The Kier molecular flexibility index (Phi) is 7.36. The number of halogens is 2. The number of hydrogen-bond acceptors (Lipinski definition) is 6. The number of thioether (sulfide) groups is 1. The van der Waals surface area contributed by atoms with E-state index in [1.54, 1.807) is 12.1 Å². The number of para-hydroxylation sites is 1. The Balaban J connectivity index is 1.70. The lowest BCUT2D eigenvalue weighted by atomic mass is 10.0. The molecule has 2 heterocycles. The van der Waals surface area contributed by atoms with Gasteiger partial charge in [0.2, 0.25) is 8.32 Å². The number of carbonyl (C=O) groups excluding carboxylic acids is 3. The molecule has 2 unspecified atom stereocenters. The summed E-state index contributed by atoms with van der Waals surface area (Å²) < 4.78 is 10.9. The minimum absolute atomic E-state index is 0.185. The molecule has 1 aromatic carbocycles. The zero-order valence-electron chi connectivity index (χ0n) is 16.7. The van der Waals surface area contributed by atoms with E-state index in [-0.39, 0.29) is 22.4 Å². The summed E-state index contributed by atoms with van der Waals surface area (Å²) in [5, 5.41) is 2.75. The van der Waals surface area contributed by atoms with Crippen molar-refractivity contribution in [3.8, 4) is 5.75 Å². The molecule has 1 saturated heterocycles. The molecule has 0 aliphatic carbocycles. The van der Waals surface area contributed by atoms with Crippen LogP contribution < -0.4 is 10.1 Å². The molecule has 7 nitrogen and oxygen atoms in total. The monoisotopic (exact) mass is 576 g/mol. The van der Waals surface area contributed by atoms with E-state index < -0.39 is 31.6 Å². The van der Waals surface area contributed by atoms with E-state index in [0.29, 0.717) is 11.1 Å². The Hall–Kier alpha value is -1.30. The fourth-order valence-electron chi connectivity index (χ4n) is 3.00. The summed E-state index contributed by atoms with van der Waals surface area (Å²) in [6, 6.07) is 8.24. The van der Waals surface area contributed by atoms with Crippen LogP contribution in [-0.2, 0) is 18.8 Å². The Bertz CT molecular complexity index is 877. The van der Waals surface area contributed by atoms with Crippen molar-refractivity contribution in [3.05, 3.63) is 41.6 Å². The number of hydrogen-bond donors (Lipinski definition) is 1. The summed E-state index contributed by atoms with van der Waals surface area (Å²) in [7, 11) is -2.15. The van der Waals surface area contributed by atoms with Gasteiger partial charge in [-0.2, -0.15) is 0 Å². The molecule has 0 aromatic heterocycles. The normalized spacial score (nSPS) is 23.4. The predicted molar refractivity (Wildman–Crippen MR) is 125 cm³/mol. The summed E-state index contributed by atoms with van der Waals surface area (Å²) in [5.74, 6) is -0.655. The van der Waals surface area contributed by atoms with Crippen molar-refractivity contribution < 1.29 is 23.5 Å². The fraction of sp³-hybridized carbons (Fsp3) is 0.421. The fourth-order valence-corrected chi connectivity index (χ4v) is 7.21. The van der Waals surface area contributed by atoms with Gasteiger partial charge in [-0.1, -0.05) is 50.1 Å². The van der Waals surface area contributed by atoms with Gasteiger partial charge in [0, 0.05) is 5.33 Å². The third-order valence-electron chi connectivity index (χ3n) is 4.29. The SMILES string of the molecule is C[Si](C)(C)OC(=O)C1=C(CBr)C(Br)S[C@@H]2C(NC(=O)COc3ccccc3)C(=O)N12. The van der Waals surface area contributed by atoms with Gasteiger partial charge in [-0.3, -0.25) is 14.5 Å². The molecule has 1 N–H and O–H groups in total. The van der Waals surface area contributed by atoms with Gasteiger partial charge in [-0.15, -0.1) is 11.8 Å². The molecular formula is C19H22Br2N2O5SSi. The number of ether oxygens (including phenoxy) is 1. The highest BCUT2D eigenvalue weighted by Crippen LogP contribution is 2.47. The second-order valence-electron chi connectivity index (χ2n) is 7.71. The summed E-state index contributed by atoms with van der Waals surface area (Å²) in [4.78, 5) is 39.5. The van der Waals surface area contributed by atoms with Crippen LogP contribution in [0.15, 0.2) is 41.6 Å². The average molecular weight is 578 g/mol. The highest BCUT2D eigenvalue weighted by Gasteiger charge is 2.56. The average Bonchev–Trinajstić information content (AvgIpc) is 2.69. The summed E-state index contributed by atoms with van der Waals surface area (Å²) in [6.07, 6.45) is 0. The standard InChI is InChI=1S/C19H22Br2N2O5SSi/c1-30(2,3)28-19(26)15-12(9-20)16(21)29-18-14(17(25)23(15)18)22-13(24)10-27-11-7-5-4-6-8-11/h4-8,14,16,18H,9-10H2,1-3H3,(H,22,24)/t14?,16?,18-/m1/s1. The van der Waals surface area contributed by atoms with Crippen molar-refractivity contribution in [3.63, 3.8) is 0 Å². The Labute approximate surface area is 197 Å². The Morgan fingerprint density at radius 1 is 1.23 bits per heavy atom. The third kappa shape index (κ3) is 5.12. The lowest BCUT2D eigenvalue weighted by molar-refractivity contribution is -0.150. The molecule has 11 heteroatoms. The predicted octanol–water partition coefficient (Wildman–Crippen LogP) is 3.21. The van der Waals surface area contributed by atoms with Crippen LogP contribution in [0, 0.1) is 0 Å². The molecule has 30 heavy (non-hydrogen) atoms. The molecule has 0 spiro atoms. The second-order valence-corrected chi connectivity index (χ2v) is 15.4. The van der Waals surface area contributed by atoms with E-state index in [2.05, 4.69) is 37.2 Å². The van der Waals surface area contributed by atoms with Crippen LogP contribution >= 0.6 is 43.6 Å². The van der Waals surface area contributed by atoms with Gasteiger partial charge in [-0.05, 0) is 37.3 Å². The third-order valence-corrected chi connectivity index (χ3v) is 8.17. The van der Waals surface area contributed by atoms with Crippen molar-refractivity contribution in [1.82, 2.24) is 10.2 Å². The van der Waals surface area contributed by atoms with Gasteiger partial charge < -0.3 is 14.5 Å². The van der Waals surface area contributed by atoms with E-state index in [0.717, 1.165) is 5.57 Å². The lowest BCUT2D eigenvalue weighted by Crippen LogP contribution is -2.71. The van der Waals surface area contributed by atoms with E-state index in [1.807, 2.05) is 37.8 Å². The van der Waals surface area contributed by atoms with Crippen LogP contribution in [-0.4, -0.2) is 58.5 Å². The van der Waals surface area contributed by atoms with E-state index in [4.69, 9.17) is 9.16 Å². The molecule has 1 aromatic rings. The Morgan fingerprint density at radius 3 is 2.50 bits per heavy atom. The first-order chi connectivity index (χ1) is 14.1. The largest absolute Gasteiger partial charge is 0.515 e. The molecular weight excluding hydrogens is 556 g/mol. The van der Waals surface area contributed by atoms with Crippen molar-refractivity contribution in [1.29, 1.82) is 0 Å². The van der Waals surface area contributed by atoms with Crippen LogP contribution in [0.4, 0.5) is 0 Å². The molecule has 0 radical (unpaired) electrons. The first kappa shape index (κ1) is 23.4. The smallest absolute Gasteiger partial charge is 0.341 e. The molecule has 2 amide bonds. The van der Waals surface area contributed by atoms with Crippen molar-refractivity contribution in [2.24, 2.45) is 0 Å². The van der Waals surface area contributed by atoms with Gasteiger partial charge in [0.1, 0.15) is 22.9 Å². The van der Waals surface area contributed by atoms with Crippen molar-refractivity contribution in [2.45, 2.75) is 35.2 Å². The molecule has 162 valence electrons. The molecule has 3 rings (SSSR count). The topological polar surface area (TPSA) is 84.9 Å². The highest BCUT2D eigenvalue weighted by atomic mass is 79.9. The van der Waals surface area contributed by atoms with Gasteiger partial charge in [-0.25, -0.2) is 4.79 Å². The number of carbonyl (C=O) groups is 3. The van der Waals surface area contributed by atoms with Gasteiger partial charge in [0.25, 0.3) is 11.8 Å². The highest BCUT2D eigenvalue weighted by molar-refractivity contribution is 9.11. The molecule has 0 bridgehead atoms. The van der Waals surface area contributed by atoms with Crippen molar-refractivity contribution in [2.75, 3.05) is 11.9 Å². The number of benzene rings is 1. The second kappa shape index (κ2) is 9.45. The van der Waals surface area contributed by atoms with Crippen LogP contribution in [0.3, 0.4) is 0 Å². The number of nitrogens with one attached hydrogen (secondary N) is 1. The molecule has 0 saturated carbocycles. The Morgan fingerprint density at radius 2 is 1.90 bits per heavy atom. The number of amides is 2. The minimum Gasteiger partial charge on any atom is -0.515 e. The maximum atomic E-state index is 12.9. The minimum atomic E-state index is -2.15. The van der Waals surface area contributed by atoms with Crippen LogP contribution in [0.25, 0.3) is 0 Å². The van der Waals surface area contributed by atoms with Crippen LogP contribution in [0.2, 0.25) is 19.6 Å². The number of β-lactam (4-membered cyclic amide) rings is 1. The zero-order chi connectivity index (χ0) is 22.1. The number of nitrogens with zero attached hydrogens (tertiary/aromatic N) is 1.